The first-order valence-corrected chi connectivity index (χ1v) is 10.1. The zero-order valence-electron chi connectivity index (χ0n) is 17.3. The Bertz CT molecular complexity index is 951. The third-order valence-electron chi connectivity index (χ3n) is 5.57. The third kappa shape index (κ3) is 4.41. The number of fused-ring (bicyclic) bond motifs is 1. The molecule has 0 radical (unpaired) electrons. The largest absolute Gasteiger partial charge is 0.496 e. The van der Waals surface area contributed by atoms with E-state index in [1.54, 1.807) is 12.0 Å². The van der Waals surface area contributed by atoms with Crippen molar-refractivity contribution in [3.05, 3.63) is 53.1 Å². The molecule has 1 amide bonds. The molecule has 158 valence electrons. The van der Waals surface area contributed by atoms with Gasteiger partial charge in [0, 0.05) is 39.1 Å². The van der Waals surface area contributed by atoms with Crippen molar-refractivity contribution in [1.82, 2.24) is 9.80 Å². The van der Waals surface area contributed by atoms with Crippen molar-refractivity contribution in [2.24, 2.45) is 0 Å². The van der Waals surface area contributed by atoms with Crippen molar-refractivity contribution in [3.63, 3.8) is 0 Å². The van der Waals surface area contributed by atoms with E-state index in [1.165, 1.54) is 0 Å². The van der Waals surface area contributed by atoms with Gasteiger partial charge in [-0.05, 0) is 41.8 Å². The zero-order valence-corrected chi connectivity index (χ0v) is 17.3. The van der Waals surface area contributed by atoms with E-state index in [-0.39, 0.29) is 19.0 Å². The van der Waals surface area contributed by atoms with Crippen LogP contribution in [-0.4, -0.2) is 61.6 Å². The molecule has 2 heterocycles. The zero-order chi connectivity index (χ0) is 21.1. The maximum absolute atomic E-state index is 12.6. The summed E-state index contributed by atoms with van der Waals surface area (Å²) in [4.78, 5) is 29.0. The SMILES string of the molecule is COc1ccc(CC(=O)C(=O)N2CCN(Cc3ccc4c(c3)OCO4)CC2)cc1C. The third-order valence-corrected chi connectivity index (χ3v) is 5.57. The smallest absolute Gasteiger partial charge is 0.290 e. The van der Waals surface area contributed by atoms with E-state index in [4.69, 9.17) is 14.2 Å². The van der Waals surface area contributed by atoms with Crippen molar-refractivity contribution in [2.75, 3.05) is 40.1 Å². The number of hydrogen-bond donors (Lipinski definition) is 0. The molecule has 0 atom stereocenters. The number of ketones is 1. The molecule has 2 aliphatic rings. The van der Waals surface area contributed by atoms with Crippen LogP contribution >= 0.6 is 0 Å². The molecule has 30 heavy (non-hydrogen) atoms. The van der Waals surface area contributed by atoms with Crippen LogP contribution in [-0.2, 0) is 22.6 Å². The van der Waals surface area contributed by atoms with Crippen molar-refractivity contribution >= 4 is 11.7 Å². The van der Waals surface area contributed by atoms with E-state index in [0.717, 1.165) is 53.6 Å². The summed E-state index contributed by atoms with van der Waals surface area (Å²) in [7, 11) is 1.61. The molecule has 7 nitrogen and oxygen atoms in total. The fraction of sp³-hybridized carbons (Fsp3) is 0.391. The standard InChI is InChI=1S/C23H26N2O5/c1-16-11-17(3-5-20(16)28-2)12-19(26)23(27)25-9-7-24(8-10-25)14-18-4-6-21-22(13-18)30-15-29-21/h3-6,11,13H,7-10,12,14-15H2,1-2H3. The normalized spacial score (nSPS) is 15.9. The molecular weight excluding hydrogens is 384 g/mol. The maximum Gasteiger partial charge on any atom is 0.290 e. The Labute approximate surface area is 176 Å². The van der Waals surface area contributed by atoms with Gasteiger partial charge < -0.3 is 19.1 Å². The topological polar surface area (TPSA) is 68.3 Å². The summed E-state index contributed by atoms with van der Waals surface area (Å²) in [5.41, 5.74) is 2.92. The van der Waals surface area contributed by atoms with E-state index in [9.17, 15) is 9.59 Å². The molecule has 7 heteroatoms. The van der Waals surface area contributed by atoms with Gasteiger partial charge >= 0.3 is 0 Å². The molecular formula is C23H26N2O5. The number of Topliss-reactive ketones (excluding diaryl/α,β-unsaturated/α-hetero) is 1. The Morgan fingerprint density at radius 3 is 2.43 bits per heavy atom. The van der Waals surface area contributed by atoms with E-state index in [0.29, 0.717) is 13.1 Å². The average molecular weight is 410 g/mol. The predicted molar refractivity (Wildman–Crippen MR) is 111 cm³/mol. The molecule has 0 bridgehead atoms. The Morgan fingerprint density at radius 1 is 0.967 bits per heavy atom. The van der Waals surface area contributed by atoms with Gasteiger partial charge in [0.15, 0.2) is 11.5 Å². The highest BCUT2D eigenvalue weighted by molar-refractivity contribution is 6.36. The number of methoxy groups -OCH3 is 1. The number of carbonyl (C=O) groups excluding carboxylic acids is 2. The van der Waals surface area contributed by atoms with Crippen molar-refractivity contribution in [2.45, 2.75) is 19.9 Å². The first-order valence-electron chi connectivity index (χ1n) is 10.1. The quantitative estimate of drug-likeness (QED) is 0.680. The minimum absolute atomic E-state index is 0.112. The van der Waals surface area contributed by atoms with Gasteiger partial charge in [0.05, 0.1) is 7.11 Å². The number of benzene rings is 2. The molecule has 0 saturated carbocycles. The first kappa shape index (κ1) is 20.2. The highest BCUT2D eigenvalue weighted by Crippen LogP contribution is 2.32. The number of amides is 1. The summed E-state index contributed by atoms with van der Waals surface area (Å²) >= 11 is 0. The van der Waals surface area contributed by atoms with Gasteiger partial charge in [-0.15, -0.1) is 0 Å². The van der Waals surface area contributed by atoms with E-state index in [1.807, 2.05) is 43.3 Å². The van der Waals surface area contributed by atoms with Gasteiger partial charge in [-0.3, -0.25) is 14.5 Å². The lowest BCUT2D eigenvalue weighted by Crippen LogP contribution is -2.50. The monoisotopic (exact) mass is 410 g/mol. The number of rotatable bonds is 6. The lowest BCUT2D eigenvalue weighted by atomic mass is 10.0. The van der Waals surface area contributed by atoms with Crippen LogP contribution in [0.25, 0.3) is 0 Å². The highest BCUT2D eigenvalue weighted by Gasteiger charge is 2.26. The number of aryl methyl sites for hydroxylation is 1. The maximum atomic E-state index is 12.6. The van der Waals surface area contributed by atoms with Gasteiger partial charge in [-0.25, -0.2) is 0 Å². The molecule has 2 aromatic carbocycles. The summed E-state index contributed by atoms with van der Waals surface area (Å²) in [6, 6.07) is 11.5. The van der Waals surface area contributed by atoms with Crippen LogP contribution in [0.4, 0.5) is 0 Å². The second-order valence-corrected chi connectivity index (χ2v) is 7.66. The van der Waals surface area contributed by atoms with E-state index < -0.39 is 5.91 Å². The highest BCUT2D eigenvalue weighted by atomic mass is 16.7. The second-order valence-electron chi connectivity index (χ2n) is 7.66. The number of piperazine rings is 1. The lowest BCUT2D eigenvalue weighted by molar-refractivity contribution is -0.145. The summed E-state index contributed by atoms with van der Waals surface area (Å²) in [5, 5.41) is 0. The van der Waals surface area contributed by atoms with Crippen LogP contribution in [0.3, 0.4) is 0 Å². The van der Waals surface area contributed by atoms with E-state index in [2.05, 4.69) is 4.90 Å². The summed E-state index contributed by atoms with van der Waals surface area (Å²) in [6.45, 7) is 5.53. The van der Waals surface area contributed by atoms with Gasteiger partial charge in [-0.2, -0.15) is 0 Å². The van der Waals surface area contributed by atoms with Crippen LogP contribution in [0.1, 0.15) is 16.7 Å². The second kappa shape index (κ2) is 8.75. The molecule has 0 N–H and O–H groups in total. The Morgan fingerprint density at radius 2 is 1.70 bits per heavy atom. The molecule has 2 aliphatic heterocycles. The molecule has 4 rings (SSSR count). The van der Waals surface area contributed by atoms with Crippen molar-refractivity contribution in [3.8, 4) is 17.2 Å². The molecule has 0 spiro atoms. The fourth-order valence-corrected chi connectivity index (χ4v) is 3.89. The average Bonchev–Trinajstić information content (AvgIpc) is 3.22. The fourth-order valence-electron chi connectivity index (χ4n) is 3.89. The van der Waals surface area contributed by atoms with Crippen LogP contribution in [0, 0.1) is 6.92 Å². The summed E-state index contributed by atoms with van der Waals surface area (Å²) in [6.07, 6.45) is 0.112. The van der Waals surface area contributed by atoms with Gasteiger partial charge in [-0.1, -0.05) is 18.2 Å². The number of carbonyl (C=O) groups is 2. The number of hydrogen-bond acceptors (Lipinski definition) is 6. The number of ether oxygens (including phenoxy) is 3. The summed E-state index contributed by atoms with van der Waals surface area (Å²) in [5.74, 6) is 1.56. The Balaban J connectivity index is 1.28. The molecule has 1 fully saturated rings. The molecule has 0 unspecified atom stereocenters. The van der Waals surface area contributed by atoms with Crippen LogP contribution < -0.4 is 14.2 Å². The summed E-state index contributed by atoms with van der Waals surface area (Å²) < 4.78 is 16.0. The Hall–Kier alpha value is -3.06. The van der Waals surface area contributed by atoms with Gasteiger partial charge in [0.2, 0.25) is 12.6 Å². The minimum Gasteiger partial charge on any atom is -0.496 e. The predicted octanol–water partition coefficient (Wildman–Crippen LogP) is 2.19. The van der Waals surface area contributed by atoms with Crippen LogP contribution in [0.2, 0.25) is 0 Å². The number of nitrogens with zero attached hydrogens (tertiary/aromatic N) is 2. The van der Waals surface area contributed by atoms with Crippen molar-refractivity contribution < 1.29 is 23.8 Å². The first-order chi connectivity index (χ1) is 14.5. The van der Waals surface area contributed by atoms with Gasteiger partial charge in [0.25, 0.3) is 5.91 Å². The lowest BCUT2D eigenvalue weighted by Gasteiger charge is -2.34. The van der Waals surface area contributed by atoms with Crippen molar-refractivity contribution in [1.29, 1.82) is 0 Å². The van der Waals surface area contributed by atoms with Crippen LogP contribution in [0.5, 0.6) is 17.2 Å². The van der Waals surface area contributed by atoms with E-state index >= 15 is 0 Å². The van der Waals surface area contributed by atoms with Gasteiger partial charge in [0.1, 0.15) is 5.75 Å². The Kier molecular flexibility index (Phi) is 5.90. The molecule has 1 saturated heterocycles. The molecule has 0 aliphatic carbocycles. The molecule has 0 aromatic heterocycles. The minimum atomic E-state index is -0.397. The molecule has 2 aromatic rings. The van der Waals surface area contributed by atoms with Crippen LogP contribution in [0.15, 0.2) is 36.4 Å².